The fourth-order valence-corrected chi connectivity index (χ4v) is 3.08. The van der Waals surface area contributed by atoms with E-state index in [9.17, 15) is 13.2 Å². The Morgan fingerprint density at radius 2 is 2.00 bits per heavy atom. The van der Waals surface area contributed by atoms with Crippen LogP contribution in [0.4, 0.5) is 0 Å². The molecule has 0 saturated heterocycles. The largest absolute Gasteiger partial charge is 0.345 e. The van der Waals surface area contributed by atoms with Gasteiger partial charge in [0.05, 0.1) is 11.8 Å². The van der Waals surface area contributed by atoms with Gasteiger partial charge >= 0.3 is 0 Å². The molecule has 0 spiro atoms. The first-order chi connectivity index (χ1) is 8.50. The quantitative estimate of drug-likeness (QED) is 0.856. The van der Waals surface area contributed by atoms with Crippen molar-refractivity contribution in [2.45, 2.75) is 11.9 Å². The number of carbonyl (C=O) groups is 1. The van der Waals surface area contributed by atoms with Crippen molar-refractivity contribution in [2.75, 3.05) is 5.75 Å². The number of nitrogens with one attached hydrogen (secondary N) is 1. The van der Waals surface area contributed by atoms with Crippen LogP contribution in [0, 0.1) is 0 Å². The lowest BCUT2D eigenvalue weighted by Gasteiger charge is -2.10. The number of rotatable bonds is 3. The second-order valence-electron chi connectivity index (χ2n) is 4.07. The summed E-state index contributed by atoms with van der Waals surface area (Å²) < 4.78 is 22.4. The van der Waals surface area contributed by atoms with Crippen molar-refractivity contribution in [1.29, 1.82) is 0 Å². The van der Waals surface area contributed by atoms with Crippen LogP contribution >= 0.6 is 11.6 Å². The van der Waals surface area contributed by atoms with Gasteiger partial charge in [-0.25, -0.2) is 8.42 Å². The molecule has 1 aromatic rings. The number of alkyl halides is 1. The highest BCUT2D eigenvalue weighted by molar-refractivity contribution is 7.94. The van der Waals surface area contributed by atoms with Gasteiger partial charge in [0.1, 0.15) is 0 Å². The topological polar surface area (TPSA) is 63.2 Å². The van der Waals surface area contributed by atoms with Crippen LogP contribution in [-0.2, 0) is 15.7 Å². The lowest BCUT2D eigenvalue weighted by molar-refractivity contribution is 0.0947. The molecule has 18 heavy (non-hydrogen) atoms. The highest BCUT2D eigenvalue weighted by atomic mass is 35.5. The first kappa shape index (κ1) is 13.1. The van der Waals surface area contributed by atoms with Gasteiger partial charge in [0.25, 0.3) is 5.91 Å². The third-order valence-corrected chi connectivity index (χ3v) is 4.32. The molecule has 0 saturated carbocycles. The molecule has 1 aromatic carbocycles. The van der Waals surface area contributed by atoms with Gasteiger partial charge in [0.15, 0.2) is 9.84 Å². The molecule has 1 N–H and O–H groups in total. The molecule has 1 amide bonds. The third kappa shape index (κ3) is 3.11. The Balaban J connectivity index is 2.02. The maximum Gasteiger partial charge on any atom is 0.251 e. The Bertz CT molecular complexity index is 578. The zero-order valence-electron chi connectivity index (χ0n) is 9.47. The molecule has 1 unspecified atom stereocenters. The molecule has 1 aliphatic heterocycles. The van der Waals surface area contributed by atoms with Gasteiger partial charge in [-0.1, -0.05) is 12.1 Å². The summed E-state index contributed by atoms with van der Waals surface area (Å²) in [5.74, 6) is 0.0344. The SMILES string of the molecule is O=C(NC1C=CS(=O)(=O)C1)c1ccc(CCl)cc1. The van der Waals surface area contributed by atoms with E-state index in [1.54, 1.807) is 24.3 Å². The molecular weight excluding hydrogens is 274 g/mol. The smallest absolute Gasteiger partial charge is 0.251 e. The zero-order chi connectivity index (χ0) is 13.2. The number of benzene rings is 1. The van der Waals surface area contributed by atoms with Crippen molar-refractivity contribution >= 4 is 27.3 Å². The summed E-state index contributed by atoms with van der Waals surface area (Å²) in [6, 6.07) is 6.42. The molecule has 1 aliphatic rings. The van der Waals surface area contributed by atoms with E-state index in [0.717, 1.165) is 11.0 Å². The number of hydrogen-bond acceptors (Lipinski definition) is 3. The van der Waals surface area contributed by atoms with Crippen LogP contribution in [0.15, 0.2) is 35.7 Å². The normalized spacial score (nSPS) is 20.8. The maximum absolute atomic E-state index is 11.8. The molecule has 6 heteroatoms. The average molecular weight is 286 g/mol. The van der Waals surface area contributed by atoms with Gasteiger partial charge in [-0.05, 0) is 23.8 Å². The molecule has 0 radical (unpaired) electrons. The fraction of sp³-hybridized carbons (Fsp3) is 0.250. The minimum absolute atomic E-state index is 0.0709. The van der Waals surface area contributed by atoms with Crippen LogP contribution in [0.5, 0.6) is 0 Å². The van der Waals surface area contributed by atoms with Crippen molar-refractivity contribution < 1.29 is 13.2 Å². The van der Waals surface area contributed by atoms with E-state index >= 15 is 0 Å². The molecular formula is C12H12ClNO3S. The molecule has 0 bridgehead atoms. The van der Waals surface area contributed by atoms with Crippen LogP contribution in [-0.4, -0.2) is 26.1 Å². The van der Waals surface area contributed by atoms with E-state index < -0.39 is 15.9 Å². The van der Waals surface area contributed by atoms with Crippen LogP contribution in [0.3, 0.4) is 0 Å². The van der Waals surface area contributed by atoms with Crippen molar-refractivity contribution in [3.8, 4) is 0 Å². The summed E-state index contributed by atoms with van der Waals surface area (Å²) in [5.41, 5.74) is 1.41. The monoisotopic (exact) mass is 285 g/mol. The summed E-state index contributed by atoms with van der Waals surface area (Å²) in [6.45, 7) is 0. The van der Waals surface area contributed by atoms with E-state index in [4.69, 9.17) is 11.6 Å². The first-order valence-electron chi connectivity index (χ1n) is 5.37. The average Bonchev–Trinajstić information content (AvgIpc) is 2.68. The van der Waals surface area contributed by atoms with Crippen molar-refractivity contribution in [3.63, 3.8) is 0 Å². The third-order valence-electron chi connectivity index (χ3n) is 2.62. The summed E-state index contributed by atoms with van der Waals surface area (Å²) in [4.78, 5) is 11.8. The molecule has 0 aliphatic carbocycles. The Hall–Kier alpha value is -1.33. The van der Waals surface area contributed by atoms with E-state index in [-0.39, 0.29) is 11.7 Å². The van der Waals surface area contributed by atoms with Crippen molar-refractivity contribution in [1.82, 2.24) is 5.32 Å². The fourth-order valence-electron chi connectivity index (χ4n) is 1.66. The predicted molar refractivity (Wildman–Crippen MR) is 70.2 cm³/mol. The summed E-state index contributed by atoms with van der Waals surface area (Å²) in [5, 5.41) is 3.78. The summed E-state index contributed by atoms with van der Waals surface area (Å²) in [7, 11) is -3.15. The highest BCUT2D eigenvalue weighted by Crippen LogP contribution is 2.10. The Labute approximate surface area is 111 Å². The van der Waals surface area contributed by atoms with E-state index in [2.05, 4.69) is 5.32 Å². The molecule has 1 heterocycles. The van der Waals surface area contributed by atoms with Gasteiger partial charge in [-0.3, -0.25) is 4.79 Å². The van der Waals surface area contributed by atoms with E-state index in [0.29, 0.717) is 11.4 Å². The Morgan fingerprint density at radius 3 is 2.50 bits per heavy atom. The Kier molecular flexibility index (Phi) is 3.73. The van der Waals surface area contributed by atoms with Gasteiger partial charge in [-0.15, -0.1) is 11.6 Å². The molecule has 0 aromatic heterocycles. The number of halogens is 1. The molecule has 0 fully saturated rings. The maximum atomic E-state index is 11.8. The number of amides is 1. The highest BCUT2D eigenvalue weighted by Gasteiger charge is 2.23. The molecule has 2 rings (SSSR count). The second-order valence-corrected chi connectivity index (χ2v) is 6.27. The molecule has 1 atom stereocenters. The van der Waals surface area contributed by atoms with Gasteiger partial charge < -0.3 is 5.32 Å². The minimum Gasteiger partial charge on any atom is -0.345 e. The lowest BCUT2D eigenvalue weighted by Crippen LogP contribution is -2.35. The van der Waals surface area contributed by atoms with Crippen molar-refractivity contribution in [3.05, 3.63) is 46.9 Å². The Morgan fingerprint density at radius 1 is 1.33 bits per heavy atom. The van der Waals surface area contributed by atoms with Gasteiger partial charge in [-0.2, -0.15) is 0 Å². The second kappa shape index (κ2) is 5.12. The van der Waals surface area contributed by atoms with Gasteiger partial charge in [0.2, 0.25) is 0 Å². The summed E-state index contributed by atoms with van der Waals surface area (Å²) in [6.07, 6.45) is 1.49. The lowest BCUT2D eigenvalue weighted by atomic mass is 10.1. The van der Waals surface area contributed by atoms with Crippen LogP contribution in [0.2, 0.25) is 0 Å². The van der Waals surface area contributed by atoms with E-state index in [1.807, 2.05) is 0 Å². The van der Waals surface area contributed by atoms with Crippen molar-refractivity contribution in [2.24, 2.45) is 0 Å². The molecule has 4 nitrogen and oxygen atoms in total. The standard InChI is InChI=1S/C12H12ClNO3S/c13-7-9-1-3-10(4-2-9)12(15)14-11-5-6-18(16,17)8-11/h1-6,11H,7-8H2,(H,14,15). The van der Waals surface area contributed by atoms with Crippen LogP contribution < -0.4 is 5.32 Å². The van der Waals surface area contributed by atoms with Crippen LogP contribution in [0.25, 0.3) is 0 Å². The number of carbonyl (C=O) groups excluding carboxylic acids is 1. The number of sulfone groups is 1. The van der Waals surface area contributed by atoms with Crippen LogP contribution in [0.1, 0.15) is 15.9 Å². The minimum atomic E-state index is -3.15. The zero-order valence-corrected chi connectivity index (χ0v) is 11.0. The summed E-state index contributed by atoms with van der Waals surface area (Å²) >= 11 is 5.65. The predicted octanol–water partition coefficient (Wildman–Crippen LogP) is 1.47. The van der Waals surface area contributed by atoms with Gasteiger partial charge in [0, 0.05) is 16.9 Å². The number of hydrogen-bond donors (Lipinski definition) is 1. The van der Waals surface area contributed by atoms with E-state index in [1.165, 1.54) is 6.08 Å². The molecule has 96 valence electrons. The first-order valence-corrected chi connectivity index (χ1v) is 7.62.